The first-order valence-corrected chi connectivity index (χ1v) is 8.15. The molecule has 1 atom stereocenters. The molecule has 122 valence electrons. The van der Waals surface area contributed by atoms with Crippen LogP contribution in [-0.2, 0) is 0 Å². The summed E-state index contributed by atoms with van der Waals surface area (Å²) in [6, 6.07) is 12.0. The number of carbonyl (C=O) groups excluding carboxylic acids is 1. The maximum Gasteiger partial charge on any atom is 0.168 e. The number of amidine groups is 1. The molecule has 6 heteroatoms. The molecule has 0 spiro atoms. The molecular weight excluding hydrogens is 302 g/mol. The van der Waals surface area contributed by atoms with E-state index in [0.29, 0.717) is 17.6 Å². The molecule has 1 aromatic carbocycles. The molecule has 2 aliphatic heterocycles. The number of fused-ring (bicyclic) bond motifs is 2. The lowest BCUT2D eigenvalue weighted by atomic mass is 10.1. The third-order valence-corrected chi connectivity index (χ3v) is 4.44. The largest absolute Gasteiger partial charge is 0.351 e. The van der Waals surface area contributed by atoms with E-state index in [0.717, 1.165) is 48.7 Å². The van der Waals surface area contributed by atoms with E-state index in [1.807, 2.05) is 24.3 Å². The van der Waals surface area contributed by atoms with Gasteiger partial charge in [-0.25, -0.2) is 9.98 Å². The van der Waals surface area contributed by atoms with E-state index in [9.17, 15) is 4.79 Å². The van der Waals surface area contributed by atoms with Crippen molar-refractivity contribution in [3.63, 3.8) is 0 Å². The fraction of sp³-hybridized carbons (Fsp3) is 0.278. The molecule has 0 saturated carbocycles. The van der Waals surface area contributed by atoms with Gasteiger partial charge in [-0.1, -0.05) is 12.1 Å². The first-order valence-electron chi connectivity index (χ1n) is 8.15. The van der Waals surface area contributed by atoms with Gasteiger partial charge >= 0.3 is 0 Å². The van der Waals surface area contributed by atoms with Gasteiger partial charge in [0.15, 0.2) is 12.1 Å². The Morgan fingerprint density at radius 3 is 2.96 bits per heavy atom. The number of nitrogens with one attached hydrogen (secondary N) is 2. The summed E-state index contributed by atoms with van der Waals surface area (Å²) in [4.78, 5) is 22.6. The quantitative estimate of drug-likeness (QED) is 0.789. The van der Waals surface area contributed by atoms with E-state index in [2.05, 4.69) is 33.5 Å². The number of rotatable bonds is 1. The van der Waals surface area contributed by atoms with Crippen LogP contribution in [0.1, 0.15) is 23.0 Å². The van der Waals surface area contributed by atoms with Gasteiger partial charge in [0, 0.05) is 31.2 Å². The minimum absolute atomic E-state index is 0.356. The van der Waals surface area contributed by atoms with Crippen molar-refractivity contribution in [1.29, 1.82) is 0 Å². The summed E-state index contributed by atoms with van der Waals surface area (Å²) in [7, 11) is 0. The van der Waals surface area contributed by atoms with Gasteiger partial charge in [-0.05, 0) is 31.2 Å². The molecular formula is C18H19N5O. The van der Waals surface area contributed by atoms with Crippen molar-refractivity contribution in [1.82, 2.24) is 15.2 Å². The summed E-state index contributed by atoms with van der Waals surface area (Å²) in [6.07, 6.45) is 0.752. The Balaban J connectivity index is 1.88. The predicted molar refractivity (Wildman–Crippen MR) is 94.6 cm³/mol. The molecule has 3 heterocycles. The fourth-order valence-corrected chi connectivity index (χ4v) is 3.18. The number of piperazine rings is 1. The lowest BCUT2D eigenvalue weighted by molar-refractivity contribution is 0.111. The minimum Gasteiger partial charge on any atom is -0.351 e. The van der Waals surface area contributed by atoms with Crippen LogP contribution in [0, 0.1) is 0 Å². The molecule has 0 bridgehead atoms. The normalized spacial score (nSPS) is 19.5. The zero-order valence-electron chi connectivity index (χ0n) is 13.5. The lowest BCUT2D eigenvalue weighted by Gasteiger charge is -2.36. The number of aldehydes is 1. The smallest absolute Gasteiger partial charge is 0.168 e. The van der Waals surface area contributed by atoms with Crippen molar-refractivity contribution in [3.05, 3.63) is 47.7 Å². The van der Waals surface area contributed by atoms with E-state index < -0.39 is 0 Å². The molecule has 0 aliphatic carbocycles. The van der Waals surface area contributed by atoms with Crippen LogP contribution in [0.2, 0.25) is 0 Å². The number of hydrogen-bond acceptors (Lipinski definition) is 6. The average Bonchev–Trinajstić information content (AvgIpc) is 2.78. The van der Waals surface area contributed by atoms with Gasteiger partial charge in [0.25, 0.3) is 0 Å². The molecule has 1 aromatic heterocycles. The van der Waals surface area contributed by atoms with Crippen LogP contribution in [0.25, 0.3) is 0 Å². The van der Waals surface area contributed by atoms with Gasteiger partial charge in [0.1, 0.15) is 17.2 Å². The SMILES string of the molecule is CC1CNCCN1C1=Nc2ccc(C=O)nc2Nc2ccccc21. The second-order valence-corrected chi connectivity index (χ2v) is 6.07. The topological polar surface area (TPSA) is 69.6 Å². The van der Waals surface area contributed by atoms with Crippen molar-refractivity contribution in [2.45, 2.75) is 13.0 Å². The molecule has 2 aliphatic rings. The number of aliphatic imine (C=N–C) groups is 1. The van der Waals surface area contributed by atoms with E-state index in [4.69, 9.17) is 4.99 Å². The Kier molecular flexibility index (Phi) is 3.74. The molecule has 1 fully saturated rings. The van der Waals surface area contributed by atoms with Crippen molar-refractivity contribution < 1.29 is 4.79 Å². The molecule has 0 amide bonds. The Morgan fingerprint density at radius 1 is 1.25 bits per heavy atom. The molecule has 2 aromatic rings. The highest BCUT2D eigenvalue weighted by atomic mass is 16.1. The van der Waals surface area contributed by atoms with Crippen LogP contribution in [0.4, 0.5) is 17.2 Å². The number of para-hydroxylation sites is 1. The van der Waals surface area contributed by atoms with Crippen LogP contribution in [0.15, 0.2) is 41.4 Å². The number of aromatic nitrogens is 1. The van der Waals surface area contributed by atoms with Crippen molar-refractivity contribution >= 4 is 29.3 Å². The van der Waals surface area contributed by atoms with E-state index in [1.165, 1.54) is 0 Å². The zero-order valence-corrected chi connectivity index (χ0v) is 13.5. The zero-order chi connectivity index (χ0) is 16.5. The van der Waals surface area contributed by atoms with Crippen LogP contribution in [0.5, 0.6) is 0 Å². The molecule has 24 heavy (non-hydrogen) atoms. The van der Waals surface area contributed by atoms with Gasteiger partial charge in [-0.2, -0.15) is 0 Å². The van der Waals surface area contributed by atoms with Crippen LogP contribution >= 0.6 is 0 Å². The van der Waals surface area contributed by atoms with E-state index in [-0.39, 0.29) is 0 Å². The maximum absolute atomic E-state index is 11.0. The van der Waals surface area contributed by atoms with Crippen LogP contribution in [0.3, 0.4) is 0 Å². The number of hydrogen-bond donors (Lipinski definition) is 2. The van der Waals surface area contributed by atoms with Crippen LogP contribution in [-0.4, -0.2) is 47.7 Å². The third kappa shape index (κ3) is 2.55. The first-order chi connectivity index (χ1) is 11.8. The van der Waals surface area contributed by atoms with Gasteiger partial charge in [0.2, 0.25) is 0 Å². The maximum atomic E-state index is 11.0. The molecule has 6 nitrogen and oxygen atoms in total. The Bertz CT molecular complexity index is 817. The summed E-state index contributed by atoms with van der Waals surface area (Å²) >= 11 is 0. The summed E-state index contributed by atoms with van der Waals surface area (Å²) < 4.78 is 0. The summed E-state index contributed by atoms with van der Waals surface area (Å²) in [5.41, 5.74) is 3.15. The molecule has 4 rings (SSSR count). The standard InChI is InChI=1S/C18H19N5O/c1-12-10-19-8-9-23(12)18-14-4-2-3-5-15(14)21-17-16(22-18)7-6-13(11-24)20-17/h2-7,11-12,19H,8-10H2,1H3,(H,20,21). The van der Waals surface area contributed by atoms with Crippen molar-refractivity contribution in [3.8, 4) is 0 Å². The Hall–Kier alpha value is -2.73. The first kappa shape index (κ1) is 14.8. The van der Waals surface area contributed by atoms with E-state index >= 15 is 0 Å². The Labute approximate surface area is 140 Å². The third-order valence-electron chi connectivity index (χ3n) is 4.44. The van der Waals surface area contributed by atoms with Crippen molar-refractivity contribution in [2.24, 2.45) is 4.99 Å². The summed E-state index contributed by atoms with van der Waals surface area (Å²) in [5, 5.41) is 6.75. The summed E-state index contributed by atoms with van der Waals surface area (Å²) in [5.74, 6) is 1.57. The monoisotopic (exact) mass is 321 g/mol. The highest BCUT2D eigenvalue weighted by Gasteiger charge is 2.26. The number of nitrogens with zero attached hydrogens (tertiary/aromatic N) is 3. The second-order valence-electron chi connectivity index (χ2n) is 6.07. The van der Waals surface area contributed by atoms with Gasteiger partial charge in [-0.3, -0.25) is 4.79 Å². The number of carbonyl (C=O) groups is 1. The molecule has 1 saturated heterocycles. The number of benzene rings is 1. The minimum atomic E-state index is 0.356. The predicted octanol–water partition coefficient (Wildman–Crippen LogP) is 2.32. The van der Waals surface area contributed by atoms with Gasteiger partial charge < -0.3 is 15.5 Å². The van der Waals surface area contributed by atoms with Gasteiger partial charge in [-0.15, -0.1) is 0 Å². The second kappa shape index (κ2) is 6.05. The van der Waals surface area contributed by atoms with Crippen LogP contribution < -0.4 is 10.6 Å². The highest BCUT2D eigenvalue weighted by Crippen LogP contribution is 2.34. The lowest BCUT2D eigenvalue weighted by Crippen LogP contribution is -2.52. The Morgan fingerprint density at radius 2 is 2.12 bits per heavy atom. The number of pyridine rings is 1. The summed E-state index contributed by atoms with van der Waals surface area (Å²) in [6.45, 7) is 4.98. The highest BCUT2D eigenvalue weighted by molar-refractivity contribution is 6.07. The number of anilines is 2. The molecule has 2 N–H and O–H groups in total. The average molecular weight is 321 g/mol. The van der Waals surface area contributed by atoms with E-state index in [1.54, 1.807) is 6.07 Å². The molecule has 1 unspecified atom stereocenters. The molecule has 0 radical (unpaired) electrons. The van der Waals surface area contributed by atoms with Crippen molar-refractivity contribution in [2.75, 3.05) is 25.0 Å². The fourth-order valence-electron chi connectivity index (χ4n) is 3.18. The van der Waals surface area contributed by atoms with Gasteiger partial charge in [0.05, 0.1) is 5.69 Å².